The molecule has 0 atom stereocenters. The fraction of sp³-hybridized carbons (Fsp3) is 0.154. The van der Waals surface area contributed by atoms with Gasteiger partial charge in [-0.2, -0.15) is 5.26 Å². The van der Waals surface area contributed by atoms with Gasteiger partial charge in [0.1, 0.15) is 11.8 Å². The summed E-state index contributed by atoms with van der Waals surface area (Å²) >= 11 is 0. The van der Waals surface area contributed by atoms with E-state index in [0.29, 0.717) is 11.4 Å². The van der Waals surface area contributed by atoms with Crippen LogP contribution in [0.25, 0.3) is 11.1 Å². The molecule has 0 unspecified atom stereocenters. The molecule has 1 aromatic carbocycles. The van der Waals surface area contributed by atoms with Gasteiger partial charge in [0.25, 0.3) is 0 Å². The van der Waals surface area contributed by atoms with Gasteiger partial charge in [-0.3, -0.25) is 0 Å². The Labute approximate surface area is 94.7 Å². The normalized spacial score (nSPS) is 10.1. The smallest absolute Gasteiger partial charge is 0.144 e. The molecule has 0 amide bonds. The molecule has 80 valence electrons. The third kappa shape index (κ3) is 1.36. The van der Waals surface area contributed by atoms with Gasteiger partial charge in [-0.25, -0.2) is 0 Å². The molecule has 0 radical (unpaired) electrons. The van der Waals surface area contributed by atoms with Crippen LogP contribution in [0.4, 0.5) is 5.69 Å². The Morgan fingerprint density at radius 3 is 2.38 bits per heavy atom. The van der Waals surface area contributed by atoms with Gasteiger partial charge in [0.15, 0.2) is 0 Å². The van der Waals surface area contributed by atoms with Gasteiger partial charge in [-0.05, 0) is 12.5 Å². The molecular weight excluding hydrogens is 198 g/mol. The highest BCUT2D eigenvalue weighted by Crippen LogP contribution is 2.33. The van der Waals surface area contributed by atoms with Gasteiger partial charge in [-0.1, -0.05) is 30.3 Å². The maximum absolute atomic E-state index is 9.03. The minimum absolute atomic E-state index is 0.524. The molecule has 2 rings (SSSR count). The van der Waals surface area contributed by atoms with Crippen LogP contribution >= 0.6 is 0 Å². The van der Waals surface area contributed by atoms with E-state index in [1.54, 1.807) is 0 Å². The minimum atomic E-state index is 0.524. The van der Waals surface area contributed by atoms with Gasteiger partial charge < -0.3 is 10.3 Å². The Morgan fingerprint density at radius 1 is 1.25 bits per heavy atom. The fourth-order valence-electron chi connectivity index (χ4n) is 1.93. The molecule has 1 aromatic heterocycles. The molecule has 0 saturated heterocycles. The van der Waals surface area contributed by atoms with Crippen LogP contribution in [0.5, 0.6) is 0 Å². The molecule has 2 N–H and O–H groups in total. The lowest BCUT2D eigenvalue weighted by molar-refractivity contribution is 0.868. The summed E-state index contributed by atoms with van der Waals surface area (Å²) in [4.78, 5) is 0. The average Bonchev–Trinajstić information content (AvgIpc) is 2.51. The zero-order valence-corrected chi connectivity index (χ0v) is 9.36. The second-order valence-electron chi connectivity index (χ2n) is 3.76. The second-order valence-corrected chi connectivity index (χ2v) is 3.76. The lowest BCUT2D eigenvalue weighted by Gasteiger charge is -2.02. The van der Waals surface area contributed by atoms with Gasteiger partial charge in [0, 0.05) is 18.3 Å². The van der Waals surface area contributed by atoms with E-state index in [0.717, 1.165) is 16.8 Å². The first-order chi connectivity index (χ1) is 7.66. The number of benzene rings is 1. The maximum atomic E-state index is 9.03. The van der Waals surface area contributed by atoms with E-state index >= 15 is 0 Å². The lowest BCUT2D eigenvalue weighted by Crippen LogP contribution is -1.95. The number of nitriles is 1. The SMILES string of the molecule is Cc1c(-c2ccccc2)c(N)c(C#N)n1C. The van der Waals surface area contributed by atoms with Crippen molar-refractivity contribution in [2.24, 2.45) is 7.05 Å². The quantitative estimate of drug-likeness (QED) is 0.787. The molecule has 3 heteroatoms. The molecule has 2 aromatic rings. The van der Waals surface area contributed by atoms with Crippen LogP contribution in [0.3, 0.4) is 0 Å². The van der Waals surface area contributed by atoms with E-state index in [1.165, 1.54) is 0 Å². The topological polar surface area (TPSA) is 54.7 Å². The number of nitrogen functional groups attached to an aromatic ring is 1. The Kier molecular flexibility index (Phi) is 2.41. The average molecular weight is 211 g/mol. The summed E-state index contributed by atoms with van der Waals surface area (Å²) in [6.07, 6.45) is 0. The number of hydrogen-bond acceptors (Lipinski definition) is 2. The Balaban J connectivity index is 2.73. The number of nitrogens with two attached hydrogens (primary N) is 1. The molecule has 0 bridgehead atoms. The van der Waals surface area contributed by atoms with Gasteiger partial charge in [-0.15, -0.1) is 0 Å². The molecular formula is C13H13N3. The Morgan fingerprint density at radius 2 is 1.88 bits per heavy atom. The molecule has 0 aliphatic carbocycles. The van der Waals surface area contributed by atoms with Crippen LogP contribution in [0.2, 0.25) is 0 Å². The number of nitrogens with zero attached hydrogens (tertiary/aromatic N) is 2. The predicted molar refractivity (Wildman–Crippen MR) is 64.7 cm³/mol. The largest absolute Gasteiger partial charge is 0.396 e. The summed E-state index contributed by atoms with van der Waals surface area (Å²) in [5, 5.41) is 9.03. The Bertz CT molecular complexity index is 559. The van der Waals surface area contributed by atoms with Gasteiger partial charge in [0.05, 0.1) is 5.69 Å². The van der Waals surface area contributed by atoms with E-state index in [2.05, 4.69) is 6.07 Å². The minimum Gasteiger partial charge on any atom is -0.396 e. The highest BCUT2D eigenvalue weighted by molar-refractivity contribution is 5.82. The molecule has 1 heterocycles. The van der Waals surface area contributed by atoms with E-state index in [4.69, 9.17) is 11.0 Å². The first-order valence-corrected chi connectivity index (χ1v) is 5.07. The predicted octanol–water partition coefficient (Wildman–Crippen LogP) is 2.45. The summed E-state index contributed by atoms with van der Waals surface area (Å²) in [6.45, 7) is 1.97. The molecule has 0 spiro atoms. The summed E-state index contributed by atoms with van der Waals surface area (Å²) in [7, 11) is 1.86. The van der Waals surface area contributed by atoms with Crippen molar-refractivity contribution in [1.82, 2.24) is 4.57 Å². The highest BCUT2D eigenvalue weighted by atomic mass is 15.0. The molecule has 3 nitrogen and oxygen atoms in total. The van der Waals surface area contributed by atoms with Crippen LogP contribution in [-0.2, 0) is 7.05 Å². The molecule has 16 heavy (non-hydrogen) atoms. The third-order valence-electron chi connectivity index (χ3n) is 2.89. The van der Waals surface area contributed by atoms with Crippen molar-refractivity contribution in [3.8, 4) is 17.2 Å². The van der Waals surface area contributed by atoms with Gasteiger partial charge in [0.2, 0.25) is 0 Å². The number of anilines is 1. The van der Waals surface area contributed by atoms with E-state index in [9.17, 15) is 0 Å². The lowest BCUT2D eigenvalue weighted by atomic mass is 10.0. The van der Waals surface area contributed by atoms with E-state index in [-0.39, 0.29) is 0 Å². The monoisotopic (exact) mass is 211 g/mol. The van der Waals surface area contributed by atoms with Crippen molar-refractivity contribution >= 4 is 5.69 Å². The first kappa shape index (κ1) is 10.3. The van der Waals surface area contributed by atoms with Crippen molar-refractivity contribution in [1.29, 1.82) is 5.26 Å². The highest BCUT2D eigenvalue weighted by Gasteiger charge is 2.16. The van der Waals surface area contributed by atoms with Crippen molar-refractivity contribution in [2.45, 2.75) is 6.92 Å². The van der Waals surface area contributed by atoms with Crippen LogP contribution in [0.15, 0.2) is 30.3 Å². The Hall–Kier alpha value is -2.21. The first-order valence-electron chi connectivity index (χ1n) is 5.07. The van der Waals surface area contributed by atoms with Crippen LogP contribution in [0.1, 0.15) is 11.4 Å². The van der Waals surface area contributed by atoms with Crippen LogP contribution in [0, 0.1) is 18.3 Å². The summed E-state index contributed by atoms with van der Waals surface area (Å²) in [6, 6.07) is 12.0. The zero-order chi connectivity index (χ0) is 11.7. The third-order valence-corrected chi connectivity index (χ3v) is 2.89. The zero-order valence-electron chi connectivity index (χ0n) is 9.36. The maximum Gasteiger partial charge on any atom is 0.144 e. The molecule has 0 aliphatic heterocycles. The van der Waals surface area contributed by atoms with E-state index in [1.807, 2.05) is 48.9 Å². The molecule has 0 saturated carbocycles. The second kappa shape index (κ2) is 3.74. The summed E-state index contributed by atoms with van der Waals surface area (Å²) in [5.74, 6) is 0. The molecule has 0 fully saturated rings. The fourth-order valence-corrected chi connectivity index (χ4v) is 1.93. The molecule has 0 aliphatic rings. The van der Waals surface area contributed by atoms with Crippen molar-refractivity contribution in [3.05, 3.63) is 41.7 Å². The van der Waals surface area contributed by atoms with Crippen LogP contribution < -0.4 is 5.73 Å². The number of rotatable bonds is 1. The standard InChI is InChI=1S/C13H13N3/c1-9-12(10-6-4-3-5-7-10)13(15)11(8-14)16(9)2/h3-7H,15H2,1-2H3. The van der Waals surface area contributed by atoms with Crippen molar-refractivity contribution in [3.63, 3.8) is 0 Å². The van der Waals surface area contributed by atoms with Crippen LogP contribution in [-0.4, -0.2) is 4.57 Å². The van der Waals surface area contributed by atoms with Crippen molar-refractivity contribution < 1.29 is 0 Å². The van der Waals surface area contributed by atoms with Crippen molar-refractivity contribution in [2.75, 3.05) is 5.73 Å². The summed E-state index contributed by atoms with van der Waals surface area (Å²) < 4.78 is 1.83. The van der Waals surface area contributed by atoms with E-state index < -0.39 is 0 Å². The number of aromatic nitrogens is 1. The van der Waals surface area contributed by atoms with Gasteiger partial charge >= 0.3 is 0 Å². The number of hydrogen-bond donors (Lipinski definition) is 1. The summed E-state index contributed by atoms with van der Waals surface area (Å²) in [5.41, 5.74) is 10.1.